The maximum Gasteiger partial charge on any atom is 0.410 e. The summed E-state index contributed by atoms with van der Waals surface area (Å²) in [6, 6.07) is 64.3. The highest BCUT2D eigenvalue weighted by atomic mass is 16.8. The maximum atomic E-state index is 16.0. The van der Waals surface area contributed by atoms with Crippen LogP contribution in [-0.4, -0.2) is 226 Å². The lowest BCUT2D eigenvalue weighted by atomic mass is 9.87. The van der Waals surface area contributed by atoms with E-state index in [0.29, 0.717) is 16.7 Å². The van der Waals surface area contributed by atoms with Gasteiger partial charge in [0, 0.05) is 41.5 Å². The van der Waals surface area contributed by atoms with Gasteiger partial charge in [-0.25, -0.2) is 24.0 Å². The molecule has 12 rings (SSSR count). The first kappa shape index (κ1) is 96.4. The van der Waals surface area contributed by atoms with Crippen molar-refractivity contribution >= 4 is 65.7 Å². The normalized spacial score (nSPS) is 25.1. The monoisotopic (exact) mass is 1790 g/mol. The number of nitrogens with zero attached hydrogens (tertiary/aromatic N) is 1. The van der Waals surface area contributed by atoms with Gasteiger partial charge >= 0.3 is 59.8 Å². The molecule has 2 amide bonds. The zero-order valence-corrected chi connectivity index (χ0v) is 72.7. The lowest BCUT2D eigenvalue weighted by Crippen LogP contribution is -2.73. The smallest absolute Gasteiger partial charge is 0.410 e. The molecule has 0 saturated carbocycles. The van der Waals surface area contributed by atoms with Gasteiger partial charge in [0.1, 0.15) is 80.9 Å². The number of carbonyl (C=O) groups is 11. The Morgan fingerprint density at radius 2 is 0.869 bits per heavy atom. The zero-order valence-electron chi connectivity index (χ0n) is 72.7. The van der Waals surface area contributed by atoms with Gasteiger partial charge in [-0.1, -0.05) is 206 Å². The Labute approximate surface area is 750 Å². The Kier molecular flexibility index (Phi) is 34.9. The third-order valence-corrected chi connectivity index (χ3v) is 21.5. The van der Waals surface area contributed by atoms with E-state index in [4.69, 9.17) is 94.7 Å². The number of hydrogen-bond donors (Lipinski definition) is 1. The fourth-order valence-electron chi connectivity index (χ4n) is 15.7. The van der Waals surface area contributed by atoms with Crippen LogP contribution in [0.1, 0.15) is 114 Å². The summed E-state index contributed by atoms with van der Waals surface area (Å²) < 4.78 is 133. The zero-order chi connectivity index (χ0) is 92.2. The third kappa shape index (κ3) is 26.5. The molecule has 8 aromatic carbocycles. The minimum atomic E-state index is -3.34. The quantitative estimate of drug-likeness (QED) is 0.0277. The van der Waals surface area contributed by atoms with Crippen molar-refractivity contribution in [3.05, 3.63) is 287 Å². The van der Waals surface area contributed by atoms with Gasteiger partial charge < -0.3 is 100 Å². The van der Waals surface area contributed by atoms with E-state index < -0.39 is 221 Å². The first-order valence-corrected chi connectivity index (χ1v) is 42.3. The molecular formula is C97H104N2O31. The van der Waals surface area contributed by atoms with Crippen LogP contribution in [0.15, 0.2) is 243 Å². The van der Waals surface area contributed by atoms with Crippen molar-refractivity contribution in [2.24, 2.45) is 0 Å². The van der Waals surface area contributed by atoms with Crippen molar-refractivity contribution in [2.75, 3.05) is 33.5 Å². The highest BCUT2D eigenvalue weighted by molar-refractivity contribution is 5.91. The molecule has 130 heavy (non-hydrogen) atoms. The van der Waals surface area contributed by atoms with Crippen LogP contribution in [0.3, 0.4) is 0 Å². The molecule has 0 aliphatic carbocycles. The van der Waals surface area contributed by atoms with Crippen LogP contribution >= 0.6 is 0 Å². The topological polar surface area (TPSA) is 388 Å². The molecule has 4 saturated heterocycles. The van der Waals surface area contributed by atoms with Crippen LogP contribution in [0.5, 0.6) is 0 Å². The fourth-order valence-corrected chi connectivity index (χ4v) is 15.7. The lowest BCUT2D eigenvalue weighted by Gasteiger charge is -2.53. The molecule has 0 aromatic heterocycles. The Bertz CT molecular complexity index is 5030. The lowest BCUT2D eigenvalue weighted by molar-refractivity contribution is -0.383. The van der Waals surface area contributed by atoms with Crippen LogP contribution in [0.25, 0.3) is 0 Å². The van der Waals surface area contributed by atoms with Crippen molar-refractivity contribution in [3.63, 3.8) is 0 Å². The van der Waals surface area contributed by atoms with Crippen molar-refractivity contribution in [1.29, 1.82) is 0 Å². The van der Waals surface area contributed by atoms with Crippen LogP contribution in [0, 0.1) is 0 Å². The predicted octanol–water partition coefficient (Wildman–Crippen LogP) is 10.4. The molecule has 4 aliphatic heterocycles. The summed E-state index contributed by atoms with van der Waals surface area (Å²) in [7, 11) is 0.878. The number of benzene rings is 8. The maximum absolute atomic E-state index is 16.0. The average molecular weight is 1790 g/mol. The molecule has 688 valence electrons. The van der Waals surface area contributed by atoms with E-state index in [2.05, 4.69) is 5.32 Å². The highest BCUT2D eigenvalue weighted by Gasteiger charge is 2.65. The van der Waals surface area contributed by atoms with E-state index in [-0.39, 0.29) is 49.7 Å². The highest BCUT2D eigenvalue weighted by Crippen LogP contribution is 2.44. The number of rotatable bonds is 38. The summed E-state index contributed by atoms with van der Waals surface area (Å²) in [5.41, 5.74) is 3.05. The first-order valence-electron chi connectivity index (χ1n) is 42.3. The van der Waals surface area contributed by atoms with E-state index in [0.717, 1.165) is 59.8 Å². The van der Waals surface area contributed by atoms with Crippen LogP contribution in [0.4, 0.5) is 4.79 Å². The van der Waals surface area contributed by atoms with E-state index in [9.17, 15) is 33.6 Å². The Morgan fingerprint density at radius 1 is 0.423 bits per heavy atom. The molecule has 33 nitrogen and oxygen atoms in total. The number of amides is 2. The van der Waals surface area contributed by atoms with Crippen LogP contribution in [0.2, 0.25) is 0 Å². The molecule has 0 radical (unpaired) electrons. The molecule has 0 bridgehead atoms. The molecule has 0 spiro atoms. The van der Waals surface area contributed by atoms with Crippen molar-refractivity contribution in [1.82, 2.24) is 10.2 Å². The number of carbonyl (C=O) groups excluding carboxylic acids is 11. The SMILES string of the molecule is COC(=O)[C@@]1(O[C@H]2[C@@H](OC(=O)c3ccccc3)[C@@H](COC(=O)c3ccccc3)O[C@@H](O[C@H]3[C@H](O[C@@H]4O[C@@H](C)[C@@H](OCc5ccccc5)[C@@H](OCc5ccccc5)[C@@H]4OCc4ccccc4)[C@@H](OC(C)=O)CN(C(=O)OCc4ccccc4)[C@@H]3COCc3ccccc3)[C@@H]2OC(=O)c2ccccc2)C[C@H](OC(C)=O)[C@@H](NC(C)=O)[C@H]([C@H](OC(C)=O)[C@@H](COC(C)=O)OC(C)=O)O1. The number of likely N-dealkylation sites (tertiary alicyclic amines) is 1. The number of nitrogens with one attached hydrogen (secondary N) is 1. The van der Waals surface area contributed by atoms with Crippen LogP contribution < -0.4 is 5.32 Å². The second-order valence-corrected chi connectivity index (χ2v) is 31.1. The summed E-state index contributed by atoms with van der Waals surface area (Å²) in [6.07, 6.45) is -33.8. The van der Waals surface area contributed by atoms with Gasteiger partial charge in [-0.3, -0.25) is 33.7 Å². The molecule has 4 aliphatic rings. The number of esters is 9. The van der Waals surface area contributed by atoms with Gasteiger partial charge in [-0.15, -0.1) is 0 Å². The number of hydrogen-bond acceptors (Lipinski definition) is 31. The second kappa shape index (κ2) is 47.1. The summed E-state index contributed by atoms with van der Waals surface area (Å²) in [5.74, 6) is -14.4. The van der Waals surface area contributed by atoms with Crippen LogP contribution in [-0.2, 0) is 161 Å². The standard InChI is InChI=1S/C97H104N2O31/c1-59-80(114-52-67-35-19-10-20-36-67)86(115-53-68-37-21-11-22-38-68)88(116-54-69-39-23-12-24-40-69)93(119-59)128-82-76(121-63(5)103)50-99(96(110)118-55-70-41-25-13-26-42-70)74(56-112-51-66-33-17-9-18-34-66)81(82)127-94-89(126-92(108)73-47-31-16-32-48-73)87(84(125-91(107)72-45-29-15-30-46-72)78(124-94)58-117-90(106)71-43-27-14-28-44-71)130-97(95(109)111-8)49-75(120-62(4)102)79(98-60(2)100)85(129-97)83(123-65(7)105)77(122-64(6)104)57-113-61(3)101/h9-48,59,74-89,93-94H,49-58H2,1-8H3,(H,98,100)/t59-,74+,75-,76-,77+,78+,79+,80+,81+,82+,83+,84-,85+,86+,87-,88-,89+,93-,94-,97-/m0/s1. The van der Waals surface area contributed by atoms with E-state index in [1.807, 2.05) is 91.0 Å². The molecule has 1 N–H and O–H groups in total. The minimum absolute atomic E-state index is 0.0191. The molecule has 4 fully saturated rings. The van der Waals surface area contributed by atoms with Crippen molar-refractivity contribution in [3.8, 4) is 0 Å². The third-order valence-electron chi connectivity index (χ3n) is 21.5. The van der Waals surface area contributed by atoms with E-state index in [1.165, 1.54) is 65.6 Å². The number of ether oxygens (including phenoxy) is 20. The Morgan fingerprint density at radius 3 is 1.35 bits per heavy atom. The van der Waals surface area contributed by atoms with Gasteiger partial charge in [-0.05, 0) is 71.1 Å². The summed E-state index contributed by atoms with van der Waals surface area (Å²) in [4.78, 5) is 161. The summed E-state index contributed by atoms with van der Waals surface area (Å²) in [6.45, 7) is 4.07. The number of methoxy groups -OCH3 is 1. The summed E-state index contributed by atoms with van der Waals surface area (Å²) >= 11 is 0. The van der Waals surface area contributed by atoms with Crippen molar-refractivity contribution < 1.29 is 147 Å². The molecular weight excluding hydrogens is 1690 g/mol. The van der Waals surface area contributed by atoms with E-state index >= 15 is 19.2 Å². The van der Waals surface area contributed by atoms with Gasteiger partial charge in [0.15, 0.2) is 37.0 Å². The Hall–Kier alpha value is -12.7. The van der Waals surface area contributed by atoms with E-state index in [1.54, 1.807) is 97.9 Å². The summed E-state index contributed by atoms with van der Waals surface area (Å²) in [5, 5.41) is 2.64. The Balaban J connectivity index is 1.11. The van der Waals surface area contributed by atoms with Crippen molar-refractivity contribution in [2.45, 2.75) is 210 Å². The molecule has 0 unspecified atom stereocenters. The minimum Gasteiger partial charge on any atom is -0.465 e. The molecule has 20 atom stereocenters. The van der Waals surface area contributed by atoms with Gasteiger partial charge in [0.25, 0.3) is 5.79 Å². The molecule has 33 heteroatoms. The molecule has 8 aromatic rings. The fraction of sp³-hybridized carbons (Fsp3) is 0.392. The van der Waals surface area contributed by atoms with Gasteiger partial charge in [0.2, 0.25) is 5.91 Å². The average Bonchev–Trinajstić information content (AvgIpc) is 0.740. The van der Waals surface area contributed by atoms with Gasteiger partial charge in [-0.2, -0.15) is 0 Å². The van der Waals surface area contributed by atoms with Gasteiger partial charge in [0.05, 0.1) is 88.0 Å². The predicted molar refractivity (Wildman–Crippen MR) is 455 cm³/mol. The largest absolute Gasteiger partial charge is 0.465 e. The number of piperidine rings is 1. The first-order chi connectivity index (χ1) is 62.8. The molecule has 4 heterocycles. The second-order valence-electron chi connectivity index (χ2n) is 31.1.